The van der Waals surface area contributed by atoms with Crippen LogP contribution in [0.5, 0.6) is 0 Å². The highest BCUT2D eigenvalue weighted by molar-refractivity contribution is 5.99. The molecule has 0 spiro atoms. The minimum atomic E-state index is -0.250. The van der Waals surface area contributed by atoms with E-state index in [0.717, 1.165) is 5.39 Å². The van der Waals surface area contributed by atoms with E-state index in [1.807, 2.05) is 31.2 Å². The monoisotopic (exact) mass is 241 g/mol. The van der Waals surface area contributed by atoms with E-state index in [9.17, 15) is 4.79 Å². The van der Waals surface area contributed by atoms with Gasteiger partial charge in [0.05, 0.1) is 5.52 Å². The van der Waals surface area contributed by atoms with Gasteiger partial charge >= 0.3 is 0 Å². The van der Waals surface area contributed by atoms with Crippen molar-refractivity contribution in [1.82, 2.24) is 10.3 Å². The van der Waals surface area contributed by atoms with Gasteiger partial charge in [0, 0.05) is 17.1 Å². The molecule has 1 atom stereocenters. The molecule has 4 heteroatoms. The number of benzene rings is 1. The van der Waals surface area contributed by atoms with Crippen LogP contribution in [0.2, 0.25) is 0 Å². The van der Waals surface area contributed by atoms with Crippen LogP contribution in [0.25, 0.3) is 10.9 Å². The predicted octanol–water partition coefficient (Wildman–Crippen LogP) is 2.12. The number of carbonyl (C=O) groups is 1. The zero-order valence-electron chi connectivity index (χ0n) is 10.2. The van der Waals surface area contributed by atoms with E-state index in [1.165, 1.54) is 0 Å². The molecule has 1 heterocycles. The highest BCUT2D eigenvalue weighted by atomic mass is 16.1. The van der Waals surface area contributed by atoms with E-state index in [4.69, 9.17) is 5.73 Å². The van der Waals surface area contributed by atoms with Crippen molar-refractivity contribution in [2.24, 2.45) is 0 Å². The number of amides is 1. The molecule has 0 radical (unpaired) electrons. The van der Waals surface area contributed by atoms with Gasteiger partial charge in [0.2, 0.25) is 0 Å². The first kappa shape index (κ1) is 12.1. The highest BCUT2D eigenvalue weighted by Crippen LogP contribution is 2.19. The number of nitrogens with two attached hydrogens (primary N) is 1. The summed E-state index contributed by atoms with van der Waals surface area (Å²) in [7, 11) is 0. The van der Waals surface area contributed by atoms with Crippen LogP contribution in [0.1, 0.15) is 17.4 Å². The summed E-state index contributed by atoms with van der Waals surface area (Å²) >= 11 is 0. The molecule has 0 aliphatic carbocycles. The van der Waals surface area contributed by atoms with Crippen molar-refractivity contribution in [3.63, 3.8) is 0 Å². The summed E-state index contributed by atoms with van der Waals surface area (Å²) in [4.78, 5) is 16.2. The molecule has 1 unspecified atom stereocenters. The summed E-state index contributed by atoms with van der Waals surface area (Å²) in [6, 6.07) is 8.95. The molecule has 0 aliphatic rings. The maximum atomic E-state index is 11.9. The van der Waals surface area contributed by atoms with Gasteiger partial charge in [0.1, 0.15) is 5.69 Å². The van der Waals surface area contributed by atoms with Gasteiger partial charge in [0.25, 0.3) is 5.91 Å². The Bertz CT molecular complexity index is 607. The topological polar surface area (TPSA) is 68.0 Å². The number of nitrogen functional groups attached to an aromatic ring is 1. The van der Waals surface area contributed by atoms with Crippen molar-refractivity contribution in [3.05, 3.63) is 48.7 Å². The number of hydrogen-bond acceptors (Lipinski definition) is 3. The quantitative estimate of drug-likeness (QED) is 0.809. The lowest BCUT2D eigenvalue weighted by Gasteiger charge is -2.10. The summed E-state index contributed by atoms with van der Waals surface area (Å²) in [6.07, 6.45) is 1.66. The van der Waals surface area contributed by atoms with Gasteiger partial charge in [-0.3, -0.25) is 4.79 Å². The van der Waals surface area contributed by atoms with E-state index >= 15 is 0 Å². The fraction of sp³-hybridized carbons (Fsp3) is 0.143. The van der Waals surface area contributed by atoms with Crippen LogP contribution in [0, 0.1) is 0 Å². The molecular formula is C14H15N3O. The van der Waals surface area contributed by atoms with Crippen molar-refractivity contribution in [2.75, 3.05) is 5.73 Å². The maximum absolute atomic E-state index is 11.9. The van der Waals surface area contributed by atoms with Gasteiger partial charge < -0.3 is 11.1 Å². The predicted molar refractivity (Wildman–Crippen MR) is 73.3 cm³/mol. The van der Waals surface area contributed by atoms with E-state index < -0.39 is 0 Å². The Morgan fingerprint density at radius 1 is 1.50 bits per heavy atom. The van der Waals surface area contributed by atoms with Crippen molar-refractivity contribution in [3.8, 4) is 0 Å². The molecule has 92 valence electrons. The number of para-hydroxylation sites is 1. The third-order valence-electron chi connectivity index (χ3n) is 2.69. The van der Waals surface area contributed by atoms with Crippen LogP contribution in [0.4, 0.5) is 5.69 Å². The van der Waals surface area contributed by atoms with Gasteiger partial charge in [-0.15, -0.1) is 6.58 Å². The van der Waals surface area contributed by atoms with E-state index in [2.05, 4.69) is 16.9 Å². The first-order chi connectivity index (χ1) is 8.61. The molecule has 1 aromatic heterocycles. The van der Waals surface area contributed by atoms with Crippen molar-refractivity contribution < 1.29 is 4.79 Å². The maximum Gasteiger partial charge on any atom is 0.270 e. The van der Waals surface area contributed by atoms with Crippen LogP contribution in [0.3, 0.4) is 0 Å². The molecule has 4 nitrogen and oxygen atoms in total. The number of nitrogens with zero attached hydrogens (tertiary/aromatic N) is 1. The normalized spacial score (nSPS) is 12.1. The molecule has 18 heavy (non-hydrogen) atoms. The second-order valence-electron chi connectivity index (χ2n) is 4.11. The fourth-order valence-electron chi connectivity index (χ4n) is 1.66. The number of nitrogens with one attached hydrogen (secondary N) is 1. The van der Waals surface area contributed by atoms with E-state index in [1.54, 1.807) is 12.1 Å². The van der Waals surface area contributed by atoms with Gasteiger partial charge in [-0.25, -0.2) is 4.98 Å². The summed E-state index contributed by atoms with van der Waals surface area (Å²) < 4.78 is 0. The molecule has 0 bridgehead atoms. The summed E-state index contributed by atoms with van der Waals surface area (Å²) in [5.41, 5.74) is 7.51. The number of rotatable bonds is 3. The molecule has 3 N–H and O–H groups in total. The third-order valence-corrected chi connectivity index (χ3v) is 2.69. The van der Waals surface area contributed by atoms with Gasteiger partial charge in [-0.1, -0.05) is 24.3 Å². The zero-order chi connectivity index (χ0) is 13.1. The number of anilines is 1. The largest absolute Gasteiger partial charge is 0.398 e. The highest BCUT2D eigenvalue weighted by Gasteiger charge is 2.11. The van der Waals surface area contributed by atoms with Crippen LogP contribution < -0.4 is 11.1 Å². The molecule has 0 saturated heterocycles. The molecule has 2 aromatic rings. The smallest absolute Gasteiger partial charge is 0.270 e. The molecule has 0 aliphatic heterocycles. The molecule has 0 saturated carbocycles. The molecular weight excluding hydrogens is 226 g/mol. The Labute approximate surface area is 106 Å². The Hall–Kier alpha value is -2.36. The Morgan fingerprint density at radius 3 is 2.94 bits per heavy atom. The van der Waals surface area contributed by atoms with Gasteiger partial charge in [-0.2, -0.15) is 0 Å². The van der Waals surface area contributed by atoms with Crippen molar-refractivity contribution in [2.45, 2.75) is 13.0 Å². The minimum Gasteiger partial charge on any atom is -0.398 e. The second-order valence-corrected chi connectivity index (χ2v) is 4.11. The lowest BCUT2D eigenvalue weighted by atomic mass is 10.1. The lowest BCUT2D eigenvalue weighted by Crippen LogP contribution is -2.31. The van der Waals surface area contributed by atoms with E-state index in [-0.39, 0.29) is 11.9 Å². The van der Waals surface area contributed by atoms with E-state index in [0.29, 0.717) is 16.9 Å². The number of hydrogen-bond donors (Lipinski definition) is 2. The standard InChI is InChI=1S/C14H15N3O/c1-3-9(2)16-14(18)13-8-11(15)10-6-4-5-7-12(10)17-13/h3-9H,1H2,2H3,(H2,15,17)(H,16,18). The fourth-order valence-corrected chi connectivity index (χ4v) is 1.66. The molecule has 1 amide bonds. The van der Waals surface area contributed by atoms with Crippen molar-refractivity contribution >= 4 is 22.5 Å². The Balaban J connectivity index is 2.40. The molecule has 1 aromatic carbocycles. The van der Waals surface area contributed by atoms with Gasteiger partial charge in [-0.05, 0) is 19.1 Å². The average molecular weight is 241 g/mol. The first-order valence-electron chi connectivity index (χ1n) is 5.70. The van der Waals surface area contributed by atoms with Gasteiger partial charge in [0.15, 0.2) is 0 Å². The summed E-state index contributed by atoms with van der Waals surface area (Å²) in [5, 5.41) is 3.62. The van der Waals surface area contributed by atoms with Crippen LogP contribution in [-0.2, 0) is 0 Å². The minimum absolute atomic E-state index is 0.105. The Kier molecular flexibility index (Phi) is 3.28. The SMILES string of the molecule is C=CC(C)NC(=O)c1cc(N)c2ccccc2n1. The van der Waals surface area contributed by atoms with Crippen LogP contribution >= 0.6 is 0 Å². The number of carbonyl (C=O) groups excluding carboxylic acids is 1. The number of pyridine rings is 1. The first-order valence-corrected chi connectivity index (χ1v) is 5.70. The lowest BCUT2D eigenvalue weighted by molar-refractivity contribution is 0.0942. The number of aromatic nitrogens is 1. The molecule has 2 rings (SSSR count). The second kappa shape index (κ2) is 4.87. The zero-order valence-corrected chi connectivity index (χ0v) is 10.2. The summed E-state index contributed by atoms with van der Waals surface area (Å²) in [6.45, 7) is 5.46. The average Bonchev–Trinajstić information content (AvgIpc) is 2.38. The third kappa shape index (κ3) is 2.32. The Morgan fingerprint density at radius 2 is 2.22 bits per heavy atom. The van der Waals surface area contributed by atoms with Crippen LogP contribution in [-0.4, -0.2) is 16.9 Å². The number of fused-ring (bicyclic) bond motifs is 1. The molecule has 0 fully saturated rings. The van der Waals surface area contributed by atoms with Crippen molar-refractivity contribution in [1.29, 1.82) is 0 Å². The van der Waals surface area contributed by atoms with Crippen LogP contribution in [0.15, 0.2) is 43.0 Å². The summed E-state index contributed by atoms with van der Waals surface area (Å²) in [5.74, 6) is -0.250.